The number of hydrogen-bond acceptors (Lipinski definition) is 6. The summed E-state index contributed by atoms with van der Waals surface area (Å²) >= 11 is 8.65. The van der Waals surface area contributed by atoms with Gasteiger partial charge in [-0.1, -0.05) is 11.6 Å². The minimum Gasteiger partial charge on any atom is -0.497 e. The van der Waals surface area contributed by atoms with Crippen molar-refractivity contribution in [1.29, 1.82) is 0 Å². The molecule has 3 rings (SSSR count). The highest BCUT2D eigenvalue weighted by molar-refractivity contribution is 7.21. The van der Waals surface area contributed by atoms with Gasteiger partial charge in [-0.05, 0) is 37.3 Å². The lowest BCUT2D eigenvalue weighted by molar-refractivity contribution is 0.0702. The normalized spacial score (nSPS) is 11.6. The number of ether oxygens (including phenoxy) is 1. The number of carbonyl (C=O) groups excluding carboxylic acids is 1. The van der Waals surface area contributed by atoms with Crippen LogP contribution in [0.4, 0.5) is 0 Å². The first-order valence-corrected chi connectivity index (χ1v) is 9.36. The van der Waals surface area contributed by atoms with E-state index in [0.717, 1.165) is 21.4 Å². The number of halogens is 1. The lowest BCUT2D eigenvalue weighted by atomic mass is 10.2. The van der Waals surface area contributed by atoms with Crippen LogP contribution in [0.1, 0.15) is 31.1 Å². The number of carbonyl (C=O) groups is 2. The van der Waals surface area contributed by atoms with Crippen molar-refractivity contribution < 1.29 is 19.4 Å². The van der Waals surface area contributed by atoms with Gasteiger partial charge in [0.25, 0.3) is 5.91 Å². The van der Waals surface area contributed by atoms with Crippen LogP contribution >= 0.6 is 34.3 Å². The predicted molar refractivity (Wildman–Crippen MR) is 104 cm³/mol. The molecule has 0 radical (unpaired) electrons. The Hall–Kier alpha value is -2.42. The van der Waals surface area contributed by atoms with E-state index in [4.69, 9.17) is 21.4 Å². The Morgan fingerprint density at radius 3 is 2.58 bits per heavy atom. The van der Waals surface area contributed by atoms with Crippen molar-refractivity contribution in [3.05, 3.63) is 50.0 Å². The van der Waals surface area contributed by atoms with E-state index in [-0.39, 0.29) is 4.88 Å². The molecule has 0 saturated carbocycles. The second-order valence-electron chi connectivity index (χ2n) is 5.21. The summed E-state index contributed by atoms with van der Waals surface area (Å²) in [6.07, 6.45) is 0. The van der Waals surface area contributed by atoms with Gasteiger partial charge in [0.1, 0.15) is 15.5 Å². The maximum absolute atomic E-state index is 12.4. The van der Waals surface area contributed by atoms with E-state index in [1.165, 1.54) is 17.4 Å². The van der Waals surface area contributed by atoms with Crippen LogP contribution in [-0.4, -0.2) is 29.8 Å². The fourth-order valence-electron chi connectivity index (χ4n) is 2.21. The van der Waals surface area contributed by atoms with Gasteiger partial charge in [0.2, 0.25) is 0 Å². The fourth-order valence-corrected chi connectivity index (χ4v) is 4.43. The van der Waals surface area contributed by atoms with Crippen molar-refractivity contribution in [2.24, 2.45) is 5.10 Å². The topological polar surface area (TPSA) is 88.0 Å². The Bertz CT molecular complexity index is 1040. The van der Waals surface area contributed by atoms with Crippen molar-refractivity contribution >= 4 is 61.9 Å². The Morgan fingerprint density at radius 2 is 1.92 bits per heavy atom. The number of amides is 1. The Kier molecular flexibility index (Phi) is 5.26. The maximum atomic E-state index is 12.4. The van der Waals surface area contributed by atoms with Gasteiger partial charge in [0.05, 0.1) is 22.7 Å². The molecule has 26 heavy (non-hydrogen) atoms. The number of thiophene rings is 2. The summed E-state index contributed by atoms with van der Waals surface area (Å²) < 4.78 is 6.02. The number of rotatable bonds is 5. The summed E-state index contributed by atoms with van der Waals surface area (Å²) in [5, 5.41) is 14.1. The Labute approximate surface area is 161 Å². The number of fused-ring (bicyclic) bond motifs is 1. The van der Waals surface area contributed by atoms with Crippen LogP contribution in [0.2, 0.25) is 5.02 Å². The molecule has 3 aromatic rings. The number of hydrogen-bond donors (Lipinski definition) is 2. The van der Waals surface area contributed by atoms with E-state index in [2.05, 4.69) is 10.5 Å². The molecule has 0 atom stereocenters. The summed E-state index contributed by atoms with van der Waals surface area (Å²) in [7, 11) is 1.57. The zero-order valence-electron chi connectivity index (χ0n) is 13.7. The first-order chi connectivity index (χ1) is 12.4. The summed E-state index contributed by atoms with van der Waals surface area (Å²) in [5.41, 5.74) is 2.98. The number of aromatic carboxylic acids is 1. The van der Waals surface area contributed by atoms with Gasteiger partial charge in [-0.2, -0.15) is 5.10 Å². The summed E-state index contributed by atoms with van der Waals surface area (Å²) in [6.45, 7) is 1.69. The molecule has 9 heteroatoms. The average molecular weight is 409 g/mol. The van der Waals surface area contributed by atoms with E-state index < -0.39 is 11.9 Å². The smallest absolute Gasteiger partial charge is 0.345 e. The Balaban J connectivity index is 1.82. The largest absolute Gasteiger partial charge is 0.497 e. The zero-order chi connectivity index (χ0) is 18.8. The third-order valence-corrected chi connectivity index (χ3v) is 6.38. The van der Waals surface area contributed by atoms with E-state index >= 15 is 0 Å². The fraction of sp³-hybridized carbons (Fsp3) is 0.118. The van der Waals surface area contributed by atoms with Gasteiger partial charge < -0.3 is 9.84 Å². The summed E-state index contributed by atoms with van der Waals surface area (Å²) in [5.74, 6) is -0.738. The van der Waals surface area contributed by atoms with E-state index in [1.807, 2.05) is 6.07 Å². The molecule has 1 aromatic carbocycles. The molecule has 134 valence electrons. The van der Waals surface area contributed by atoms with Gasteiger partial charge in [-0.15, -0.1) is 22.7 Å². The molecule has 2 aromatic heterocycles. The number of nitrogens with zero attached hydrogens (tertiary/aromatic N) is 1. The molecule has 0 aliphatic heterocycles. The SMILES string of the molecule is COc1ccc2c(Cl)c(C(=O)N/N=C(/C)c3ccc(C(=O)O)s3)sc2c1. The molecule has 0 aliphatic rings. The summed E-state index contributed by atoms with van der Waals surface area (Å²) in [6, 6.07) is 8.55. The van der Waals surface area contributed by atoms with Crippen molar-refractivity contribution in [2.75, 3.05) is 7.11 Å². The lowest BCUT2D eigenvalue weighted by Gasteiger charge is -2.00. The molecule has 0 spiro atoms. The molecule has 0 unspecified atom stereocenters. The maximum Gasteiger partial charge on any atom is 0.345 e. The van der Waals surface area contributed by atoms with Crippen LogP contribution in [0.5, 0.6) is 5.75 Å². The van der Waals surface area contributed by atoms with E-state index in [9.17, 15) is 9.59 Å². The highest BCUT2D eigenvalue weighted by atomic mass is 35.5. The van der Waals surface area contributed by atoms with Crippen LogP contribution in [0.15, 0.2) is 35.4 Å². The van der Waals surface area contributed by atoms with Gasteiger partial charge in [-0.3, -0.25) is 4.79 Å². The van der Waals surface area contributed by atoms with Gasteiger partial charge >= 0.3 is 5.97 Å². The standard InChI is InChI=1S/C17H13ClN2O4S2/c1-8(11-5-6-12(25-11)17(22)23)19-20-16(21)15-14(18)10-4-3-9(24-2)7-13(10)26-15/h3-7H,1-2H3,(H,20,21)(H,22,23)/b19-8-. The first-order valence-electron chi connectivity index (χ1n) is 7.35. The first kappa shape index (κ1) is 18.4. The van der Waals surface area contributed by atoms with E-state index in [1.54, 1.807) is 32.2 Å². The molecule has 2 N–H and O–H groups in total. The summed E-state index contributed by atoms with van der Waals surface area (Å²) in [4.78, 5) is 24.6. The van der Waals surface area contributed by atoms with Crippen LogP contribution in [-0.2, 0) is 0 Å². The van der Waals surface area contributed by atoms with Crippen molar-refractivity contribution in [3.8, 4) is 5.75 Å². The molecule has 0 saturated heterocycles. The minimum atomic E-state index is -0.995. The third-order valence-electron chi connectivity index (χ3n) is 3.54. The molecule has 1 amide bonds. The zero-order valence-corrected chi connectivity index (χ0v) is 16.1. The van der Waals surface area contributed by atoms with Gasteiger partial charge in [0.15, 0.2) is 0 Å². The quantitative estimate of drug-likeness (QED) is 0.481. The number of hydrazone groups is 1. The van der Waals surface area contributed by atoms with Crippen LogP contribution in [0.3, 0.4) is 0 Å². The minimum absolute atomic E-state index is 0.211. The monoisotopic (exact) mass is 408 g/mol. The Morgan fingerprint density at radius 1 is 1.19 bits per heavy atom. The molecule has 0 aliphatic carbocycles. The molecule has 0 bridgehead atoms. The van der Waals surface area contributed by atoms with Crippen molar-refractivity contribution in [3.63, 3.8) is 0 Å². The second kappa shape index (κ2) is 7.45. The van der Waals surface area contributed by atoms with Crippen molar-refractivity contribution in [1.82, 2.24) is 5.43 Å². The number of nitrogens with one attached hydrogen (secondary N) is 1. The molecule has 6 nitrogen and oxygen atoms in total. The molecule has 2 heterocycles. The lowest BCUT2D eigenvalue weighted by Crippen LogP contribution is -2.18. The van der Waals surface area contributed by atoms with Gasteiger partial charge in [0, 0.05) is 10.1 Å². The van der Waals surface area contributed by atoms with Gasteiger partial charge in [-0.25, -0.2) is 10.2 Å². The third kappa shape index (κ3) is 3.57. The van der Waals surface area contributed by atoms with Crippen LogP contribution in [0, 0.1) is 0 Å². The number of carboxylic acid groups (broad SMARTS) is 1. The number of methoxy groups -OCH3 is 1. The van der Waals surface area contributed by atoms with E-state index in [0.29, 0.717) is 26.2 Å². The molecular weight excluding hydrogens is 396 g/mol. The highest BCUT2D eigenvalue weighted by Crippen LogP contribution is 2.37. The highest BCUT2D eigenvalue weighted by Gasteiger charge is 2.17. The number of carboxylic acids is 1. The molecule has 0 fully saturated rings. The predicted octanol–water partition coefficient (Wildman–Crippen LogP) is 4.48. The van der Waals surface area contributed by atoms with Crippen LogP contribution < -0.4 is 10.2 Å². The van der Waals surface area contributed by atoms with Crippen molar-refractivity contribution in [2.45, 2.75) is 6.92 Å². The number of benzene rings is 1. The average Bonchev–Trinajstić information content (AvgIpc) is 3.24. The van der Waals surface area contributed by atoms with Crippen LogP contribution in [0.25, 0.3) is 10.1 Å². The molecular formula is C17H13ClN2O4S2. The second-order valence-corrected chi connectivity index (χ2v) is 7.73.